The van der Waals surface area contributed by atoms with Gasteiger partial charge in [0, 0.05) is 38.9 Å². The maximum Gasteiger partial charge on any atom is 0.243 e. The van der Waals surface area contributed by atoms with E-state index < -0.39 is 15.8 Å². The Morgan fingerprint density at radius 1 is 1.12 bits per heavy atom. The summed E-state index contributed by atoms with van der Waals surface area (Å²) in [6, 6.07) is 6.72. The number of halogens is 1. The van der Waals surface area contributed by atoms with Crippen LogP contribution in [0.2, 0.25) is 0 Å². The fraction of sp³-hybridized carbons (Fsp3) is 0.375. The SMILES string of the molecule is CCNc1nccc(N2CCN(S(=O)(=O)c3ccc(F)cc3)CC2)n1. The van der Waals surface area contributed by atoms with Crippen molar-refractivity contribution in [1.82, 2.24) is 14.3 Å². The van der Waals surface area contributed by atoms with Crippen LogP contribution in [-0.4, -0.2) is 55.4 Å². The highest BCUT2D eigenvalue weighted by molar-refractivity contribution is 7.89. The first-order valence-electron chi connectivity index (χ1n) is 8.08. The predicted molar refractivity (Wildman–Crippen MR) is 93.6 cm³/mol. The molecule has 0 bridgehead atoms. The van der Waals surface area contributed by atoms with Crippen LogP contribution in [0.15, 0.2) is 41.4 Å². The van der Waals surface area contributed by atoms with Crippen LogP contribution < -0.4 is 10.2 Å². The molecule has 0 saturated carbocycles. The first-order chi connectivity index (χ1) is 12.0. The minimum atomic E-state index is -3.61. The second-order valence-electron chi connectivity index (χ2n) is 5.61. The molecule has 1 N–H and O–H groups in total. The van der Waals surface area contributed by atoms with E-state index in [-0.39, 0.29) is 4.90 Å². The average Bonchev–Trinajstić information content (AvgIpc) is 2.63. The quantitative estimate of drug-likeness (QED) is 0.866. The zero-order valence-electron chi connectivity index (χ0n) is 13.9. The fourth-order valence-corrected chi connectivity index (χ4v) is 4.10. The number of rotatable bonds is 5. The molecule has 7 nitrogen and oxygen atoms in total. The van der Waals surface area contributed by atoms with Gasteiger partial charge in [0.05, 0.1) is 4.90 Å². The third-order valence-electron chi connectivity index (χ3n) is 3.99. The highest BCUT2D eigenvalue weighted by atomic mass is 32.2. The molecule has 1 fully saturated rings. The Balaban J connectivity index is 1.69. The molecule has 25 heavy (non-hydrogen) atoms. The highest BCUT2D eigenvalue weighted by Gasteiger charge is 2.29. The van der Waals surface area contributed by atoms with Crippen LogP contribution in [0, 0.1) is 5.82 Å². The van der Waals surface area contributed by atoms with Crippen molar-refractivity contribution in [3.05, 3.63) is 42.3 Å². The second kappa shape index (κ2) is 7.32. The molecule has 9 heteroatoms. The molecule has 0 aliphatic carbocycles. The Morgan fingerprint density at radius 2 is 1.80 bits per heavy atom. The number of benzene rings is 1. The summed E-state index contributed by atoms with van der Waals surface area (Å²) in [4.78, 5) is 10.7. The van der Waals surface area contributed by atoms with Crippen molar-refractivity contribution in [3.63, 3.8) is 0 Å². The van der Waals surface area contributed by atoms with Crippen molar-refractivity contribution in [1.29, 1.82) is 0 Å². The van der Waals surface area contributed by atoms with Gasteiger partial charge < -0.3 is 10.2 Å². The smallest absolute Gasteiger partial charge is 0.243 e. The summed E-state index contributed by atoms with van der Waals surface area (Å²) >= 11 is 0. The molecule has 0 atom stereocenters. The average molecular weight is 365 g/mol. The van der Waals surface area contributed by atoms with Gasteiger partial charge in [-0.2, -0.15) is 9.29 Å². The van der Waals surface area contributed by atoms with Crippen LogP contribution >= 0.6 is 0 Å². The topological polar surface area (TPSA) is 78.4 Å². The number of aromatic nitrogens is 2. The van der Waals surface area contributed by atoms with Crippen LogP contribution in [0.3, 0.4) is 0 Å². The molecule has 2 aromatic rings. The lowest BCUT2D eigenvalue weighted by atomic mass is 10.3. The summed E-state index contributed by atoms with van der Waals surface area (Å²) in [6.45, 7) is 4.45. The van der Waals surface area contributed by atoms with Gasteiger partial charge in [-0.3, -0.25) is 0 Å². The fourth-order valence-electron chi connectivity index (χ4n) is 2.68. The molecule has 0 radical (unpaired) electrons. The van der Waals surface area contributed by atoms with Crippen LogP contribution in [0.25, 0.3) is 0 Å². The second-order valence-corrected chi connectivity index (χ2v) is 7.55. The summed E-state index contributed by atoms with van der Waals surface area (Å²) in [6.07, 6.45) is 1.68. The van der Waals surface area contributed by atoms with Crippen molar-refractivity contribution in [2.75, 3.05) is 42.9 Å². The van der Waals surface area contributed by atoms with Gasteiger partial charge in [-0.25, -0.2) is 17.8 Å². The zero-order chi connectivity index (χ0) is 17.9. The monoisotopic (exact) mass is 365 g/mol. The van der Waals surface area contributed by atoms with Crippen molar-refractivity contribution in [2.45, 2.75) is 11.8 Å². The lowest BCUT2D eigenvalue weighted by molar-refractivity contribution is 0.383. The van der Waals surface area contributed by atoms with Gasteiger partial charge in [-0.05, 0) is 37.3 Å². The minimum absolute atomic E-state index is 0.110. The Kier molecular flexibility index (Phi) is 5.14. The van der Waals surface area contributed by atoms with Gasteiger partial charge in [0.2, 0.25) is 16.0 Å². The molecule has 1 saturated heterocycles. The Hall–Kier alpha value is -2.26. The van der Waals surface area contributed by atoms with E-state index in [4.69, 9.17) is 0 Å². The van der Waals surface area contributed by atoms with Crippen molar-refractivity contribution in [2.24, 2.45) is 0 Å². The van der Waals surface area contributed by atoms with Crippen LogP contribution in [0.5, 0.6) is 0 Å². The molecule has 2 heterocycles. The number of sulfonamides is 1. The van der Waals surface area contributed by atoms with Gasteiger partial charge in [0.15, 0.2) is 0 Å². The Labute approximate surface area is 146 Å². The molecular weight excluding hydrogens is 345 g/mol. The van der Waals surface area contributed by atoms with E-state index in [2.05, 4.69) is 15.3 Å². The largest absolute Gasteiger partial charge is 0.354 e. The number of piperazine rings is 1. The lowest BCUT2D eigenvalue weighted by Crippen LogP contribution is -2.48. The Bertz CT molecular complexity index is 821. The molecule has 3 rings (SSSR count). The molecule has 0 unspecified atom stereocenters. The van der Waals surface area contributed by atoms with Gasteiger partial charge in [-0.1, -0.05) is 0 Å². The molecule has 1 aliphatic rings. The van der Waals surface area contributed by atoms with E-state index in [0.717, 1.165) is 24.5 Å². The molecule has 0 amide bonds. The van der Waals surface area contributed by atoms with E-state index in [1.54, 1.807) is 6.20 Å². The van der Waals surface area contributed by atoms with Crippen molar-refractivity contribution >= 4 is 21.8 Å². The standard InChI is InChI=1S/C16H20FN5O2S/c1-2-18-16-19-8-7-15(20-16)21-9-11-22(12-10-21)25(23,24)14-5-3-13(17)4-6-14/h3-8H,2,9-12H2,1H3,(H,18,19,20). The molecule has 0 spiro atoms. The summed E-state index contributed by atoms with van der Waals surface area (Å²) < 4.78 is 39.7. The molecule has 1 aliphatic heterocycles. The maximum absolute atomic E-state index is 13.0. The Morgan fingerprint density at radius 3 is 2.44 bits per heavy atom. The van der Waals surface area contributed by atoms with Crippen LogP contribution in [0.4, 0.5) is 16.2 Å². The van der Waals surface area contributed by atoms with Gasteiger partial charge in [-0.15, -0.1) is 0 Å². The van der Waals surface area contributed by atoms with Crippen molar-refractivity contribution in [3.8, 4) is 0 Å². The summed E-state index contributed by atoms with van der Waals surface area (Å²) in [5, 5.41) is 3.06. The van der Waals surface area contributed by atoms with E-state index in [1.807, 2.05) is 17.9 Å². The third-order valence-corrected chi connectivity index (χ3v) is 5.90. The van der Waals surface area contributed by atoms with E-state index in [9.17, 15) is 12.8 Å². The third kappa shape index (κ3) is 3.88. The van der Waals surface area contributed by atoms with E-state index in [0.29, 0.717) is 32.1 Å². The summed E-state index contributed by atoms with van der Waals surface area (Å²) in [7, 11) is -3.61. The predicted octanol–water partition coefficient (Wildman–Crippen LogP) is 1.56. The summed E-state index contributed by atoms with van der Waals surface area (Å²) in [5.41, 5.74) is 0. The van der Waals surface area contributed by atoms with E-state index >= 15 is 0 Å². The van der Waals surface area contributed by atoms with E-state index in [1.165, 1.54) is 16.4 Å². The maximum atomic E-state index is 13.0. The number of hydrogen-bond donors (Lipinski definition) is 1. The van der Waals surface area contributed by atoms with Crippen LogP contribution in [0.1, 0.15) is 6.92 Å². The molecule has 1 aromatic carbocycles. The normalized spacial score (nSPS) is 16.0. The summed E-state index contributed by atoms with van der Waals surface area (Å²) in [5.74, 6) is 0.871. The molecule has 134 valence electrons. The zero-order valence-corrected chi connectivity index (χ0v) is 14.7. The lowest BCUT2D eigenvalue weighted by Gasteiger charge is -2.34. The first kappa shape index (κ1) is 17.6. The first-order valence-corrected chi connectivity index (χ1v) is 9.52. The number of nitrogens with one attached hydrogen (secondary N) is 1. The number of hydrogen-bond acceptors (Lipinski definition) is 6. The highest BCUT2D eigenvalue weighted by Crippen LogP contribution is 2.20. The van der Waals surface area contributed by atoms with Gasteiger partial charge in [0.1, 0.15) is 11.6 Å². The van der Waals surface area contributed by atoms with Gasteiger partial charge in [0.25, 0.3) is 0 Å². The number of nitrogens with zero attached hydrogens (tertiary/aromatic N) is 4. The minimum Gasteiger partial charge on any atom is -0.354 e. The number of anilines is 2. The van der Waals surface area contributed by atoms with Crippen molar-refractivity contribution < 1.29 is 12.8 Å². The van der Waals surface area contributed by atoms with Crippen LogP contribution in [-0.2, 0) is 10.0 Å². The van der Waals surface area contributed by atoms with Gasteiger partial charge >= 0.3 is 0 Å². The molecular formula is C16H20FN5O2S. The molecule has 1 aromatic heterocycles.